The molecule has 2 heterocycles. The van der Waals surface area contributed by atoms with Gasteiger partial charge in [-0.25, -0.2) is 18.4 Å². The smallest absolute Gasteiger partial charge is 0.265 e. The maximum atomic E-state index is 12.8. The van der Waals surface area contributed by atoms with Gasteiger partial charge in [0.15, 0.2) is 0 Å². The first kappa shape index (κ1) is 16.9. The number of sulfonamides is 1. The molecule has 1 N–H and O–H groups in total. The summed E-state index contributed by atoms with van der Waals surface area (Å²) in [5.74, 6) is 1.61. The van der Waals surface area contributed by atoms with Gasteiger partial charge in [-0.3, -0.25) is 9.40 Å². The summed E-state index contributed by atoms with van der Waals surface area (Å²) < 4.78 is 29.8. The van der Waals surface area contributed by atoms with Crippen molar-refractivity contribution in [1.82, 2.24) is 19.7 Å². The molecule has 0 saturated heterocycles. The third-order valence-electron chi connectivity index (χ3n) is 3.99. The fourth-order valence-electron chi connectivity index (χ4n) is 2.74. The van der Waals surface area contributed by atoms with Gasteiger partial charge < -0.3 is 0 Å². The van der Waals surface area contributed by atoms with Crippen LogP contribution in [0.25, 0.3) is 0 Å². The minimum atomic E-state index is -3.72. The molecule has 0 bridgehead atoms. The molecule has 1 fully saturated rings. The summed E-state index contributed by atoms with van der Waals surface area (Å²) in [6.45, 7) is 8.32. The molecule has 3 rings (SSSR count). The highest BCUT2D eigenvalue weighted by Gasteiger charge is 2.27. The van der Waals surface area contributed by atoms with E-state index in [0.29, 0.717) is 35.5 Å². The van der Waals surface area contributed by atoms with Gasteiger partial charge in [-0.15, -0.1) is 0 Å². The summed E-state index contributed by atoms with van der Waals surface area (Å²) in [4.78, 5) is 8.73. The zero-order valence-electron chi connectivity index (χ0n) is 14.4. The predicted octanol–water partition coefficient (Wildman–Crippen LogP) is 2.62. The maximum absolute atomic E-state index is 12.8. The molecule has 2 aromatic heterocycles. The molecule has 0 aliphatic heterocycles. The van der Waals surface area contributed by atoms with Gasteiger partial charge in [0.1, 0.15) is 10.7 Å². The van der Waals surface area contributed by atoms with Crippen molar-refractivity contribution in [1.29, 1.82) is 0 Å². The Balaban J connectivity index is 1.85. The van der Waals surface area contributed by atoms with Crippen molar-refractivity contribution in [3.05, 3.63) is 29.6 Å². The highest BCUT2D eigenvalue weighted by molar-refractivity contribution is 7.92. The topological polar surface area (TPSA) is 89.8 Å². The van der Waals surface area contributed by atoms with Gasteiger partial charge in [-0.1, -0.05) is 13.8 Å². The van der Waals surface area contributed by atoms with E-state index in [9.17, 15) is 8.42 Å². The number of aryl methyl sites for hydroxylation is 1. The van der Waals surface area contributed by atoms with Crippen LogP contribution in [-0.2, 0) is 16.6 Å². The molecular weight excluding hydrogens is 326 g/mol. The molecule has 24 heavy (non-hydrogen) atoms. The van der Waals surface area contributed by atoms with Crippen molar-refractivity contribution in [3.8, 4) is 0 Å². The number of aromatic nitrogens is 4. The molecule has 1 saturated carbocycles. The van der Waals surface area contributed by atoms with Crippen molar-refractivity contribution in [2.75, 3.05) is 4.72 Å². The summed E-state index contributed by atoms with van der Waals surface area (Å²) in [7, 11) is -3.72. The van der Waals surface area contributed by atoms with E-state index in [4.69, 9.17) is 0 Å². The number of hydrogen-bond acceptors (Lipinski definition) is 5. The van der Waals surface area contributed by atoms with Gasteiger partial charge in [0.25, 0.3) is 10.0 Å². The van der Waals surface area contributed by atoms with Gasteiger partial charge in [0, 0.05) is 12.5 Å². The Bertz CT molecular complexity index is 836. The maximum Gasteiger partial charge on any atom is 0.265 e. The zero-order valence-corrected chi connectivity index (χ0v) is 15.3. The fraction of sp³-hybridized carbons (Fsp3) is 0.562. The summed E-state index contributed by atoms with van der Waals surface area (Å²) in [5.41, 5.74) is 1.51. The van der Waals surface area contributed by atoms with Crippen LogP contribution in [0.2, 0.25) is 0 Å². The van der Waals surface area contributed by atoms with Crippen LogP contribution >= 0.6 is 0 Å². The largest absolute Gasteiger partial charge is 0.276 e. The Morgan fingerprint density at radius 3 is 2.42 bits per heavy atom. The normalized spacial score (nSPS) is 15.0. The lowest BCUT2D eigenvalue weighted by Crippen LogP contribution is -2.16. The third kappa shape index (κ3) is 3.43. The van der Waals surface area contributed by atoms with E-state index < -0.39 is 10.0 Å². The number of anilines is 1. The minimum absolute atomic E-state index is 0.231. The van der Waals surface area contributed by atoms with Crippen molar-refractivity contribution < 1.29 is 8.42 Å². The molecule has 1 aliphatic carbocycles. The Morgan fingerprint density at radius 2 is 1.88 bits per heavy atom. The minimum Gasteiger partial charge on any atom is -0.276 e. The quantitative estimate of drug-likeness (QED) is 0.866. The predicted molar refractivity (Wildman–Crippen MR) is 91.4 cm³/mol. The zero-order chi connectivity index (χ0) is 17.5. The molecule has 1 aliphatic rings. The monoisotopic (exact) mass is 349 g/mol. The van der Waals surface area contributed by atoms with Crippen LogP contribution in [0, 0.1) is 19.8 Å². The fourth-order valence-corrected chi connectivity index (χ4v) is 4.18. The van der Waals surface area contributed by atoms with E-state index in [1.165, 1.54) is 12.4 Å². The average molecular weight is 349 g/mol. The lowest BCUT2D eigenvalue weighted by Gasteiger charge is -2.10. The van der Waals surface area contributed by atoms with E-state index in [-0.39, 0.29) is 4.90 Å². The van der Waals surface area contributed by atoms with Gasteiger partial charge in [-0.05, 0) is 32.6 Å². The Labute approximate surface area is 142 Å². The third-order valence-corrected chi connectivity index (χ3v) is 5.62. The highest BCUT2D eigenvalue weighted by atomic mass is 32.2. The molecule has 0 radical (unpaired) electrons. The first-order valence-electron chi connectivity index (χ1n) is 8.16. The average Bonchev–Trinajstić information content (AvgIpc) is 3.26. The molecule has 0 aromatic carbocycles. The Kier molecular flexibility index (Phi) is 4.33. The molecule has 0 unspecified atom stereocenters. The number of rotatable bonds is 6. The van der Waals surface area contributed by atoms with Crippen LogP contribution in [0.4, 0.5) is 5.69 Å². The molecule has 0 atom stereocenters. The van der Waals surface area contributed by atoms with E-state index >= 15 is 0 Å². The van der Waals surface area contributed by atoms with E-state index in [2.05, 4.69) is 33.6 Å². The number of nitrogens with one attached hydrogen (secondary N) is 1. The van der Waals surface area contributed by atoms with Gasteiger partial charge >= 0.3 is 0 Å². The molecule has 7 nitrogen and oxygen atoms in total. The second-order valence-electron chi connectivity index (χ2n) is 6.79. The number of nitrogens with zero attached hydrogens (tertiary/aromatic N) is 4. The summed E-state index contributed by atoms with van der Waals surface area (Å²) >= 11 is 0. The molecule has 0 amide bonds. The Hall–Kier alpha value is -1.96. The molecule has 8 heteroatoms. The van der Waals surface area contributed by atoms with Crippen molar-refractivity contribution in [2.24, 2.45) is 5.92 Å². The summed E-state index contributed by atoms with van der Waals surface area (Å²) in [5, 5.41) is 4.37. The van der Waals surface area contributed by atoms with Crippen LogP contribution in [-0.4, -0.2) is 28.2 Å². The lowest BCUT2D eigenvalue weighted by atomic mass is 10.2. The van der Waals surface area contributed by atoms with Gasteiger partial charge in [0.2, 0.25) is 0 Å². The second-order valence-corrected chi connectivity index (χ2v) is 8.40. The second kappa shape index (κ2) is 6.16. The SMILES string of the molecule is Cc1nn(CC(C)C)c(C)c1S(=O)(=O)Nc1cnc(C2CC2)nc1. The standard InChI is InChI=1S/C16H23N5O2S/c1-10(2)9-21-12(4)15(11(3)19-21)24(22,23)20-14-7-17-16(18-8-14)13-5-6-13/h7-8,10,13,20H,5-6,9H2,1-4H3. The Morgan fingerprint density at radius 1 is 1.25 bits per heavy atom. The molecule has 130 valence electrons. The van der Waals surface area contributed by atoms with Crippen molar-refractivity contribution >= 4 is 15.7 Å². The van der Waals surface area contributed by atoms with Crippen LogP contribution in [0.15, 0.2) is 17.3 Å². The van der Waals surface area contributed by atoms with Crippen LogP contribution in [0.1, 0.15) is 49.8 Å². The van der Waals surface area contributed by atoms with E-state index in [1.54, 1.807) is 18.5 Å². The molecular formula is C16H23N5O2S. The highest BCUT2D eigenvalue weighted by Crippen LogP contribution is 2.37. The van der Waals surface area contributed by atoms with Crippen LogP contribution in [0.5, 0.6) is 0 Å². The molecule has 2 aromatic rings. The van der Waals surface area contributed by atoms with Crippen LogP contribution < -0.4 is 4.72 Å². The molecule has 0 spiro atoms. The van der Waals surface area contributed by atoms with Gasteiger partial charge in [-0.2, -0.15) is 5.10 Å². The van der Waals surface area contributed by atoms with E-state index in [1.807, 2.05) is 0 Å². The first-order chi connectivity index (χ1) is 11.3. The lowest BCUT2D eigenvalue weighted by molar-refractivity contribution is 0.472. The van der Waals surface area contributed by atoms with Crippen molar-refractivity contribution in [2.45, 2.75) is 57.9 Å². The first-order valence-corrected chi connectivity index (χ1v) is 9.65. The van der Waals surface area contributed by atoms with Gasteiger partial charge in [0.05, 0.1) is 29.5 Å². The van der Waals surface area contributed by atoms with E-state index in [0.717, 1.165) is 18.7 Å². The summed E-state index contributed by atoms with van der Waals surface area (Å²) in [6, 6.07) is 0. The van der Waals surface area contributed by atoms with Crippen molar-refractivity contribution in [3.63, 3.8) is 0 Å². The summed E-state index contributed by atoms with van der Waals surface area (Å²) in [6.07, 6.45) is 5.28. The van der Waals surface area contributed by atoms with Crippen LogP contribution in [0.3, 0.4) is 0 Å². The number of hydrogen-bond donors (Lipinski definition) is 1.